The molecule has 1 aromatic rings. The minimum Gasteiger partial charge on any atom is -0.507 e. The van der Waals surface area contributed by atoms with Crippen LogP contribution in [0.4, 0.5) is 0 Å². The molecular formula is C15H23ClN2OS2. The van der Waals surface area contributed by atoms with Crippen molar-refractivity contribution in [2.45, 2.75) is 19.6 Å². The predicted octanol–water partition coefficient (Wildman–Crippen LogP) is 3.20. The summed E-state index contributed by atoms with van der Waals surface area (Å²) in [5, 5.41) is 10.1. The fourth-order valence-electron chi connectivity index (χ4n) is 2.38. The van der Waals surface area contributed by atoms with E-state index in [0.29, 0.717) is 5.75 Å². The Morgan fingerprint density at radius 2 is 1.86 bits per heavy atom. The van der Waals surface area contributed by atoms with Gasteiger partial charge in [0.2, 0.25) is 0 Å². The van der Waals surface area contributed by atoms with Crippen molar-refractivity contribution in [1.29, 1.82) is 0 Å². The molecule has 1 heterocycles. The molecule has 0 bridgehead atoms. The van der Waals surface area contributed by atoms with Crippen LogP contribution in [-0.4, -0.2) is 52.5 Å². The van der Waals surface area contributed by atoms with Crippen molar-refractivity contribution >= 4 is 40.7 Å². The summed E-state index contributed by atoms with van der Waals surface area (Å²) in [7, 11) is 2.14. The lowest BCUT2D eigenvalue weighted by molar-refractivity contribution is 0.220. The van der Waals surface area contributed by atoms with Crippen LogP contribution in [0.1, 0.15) is 16.7 Å². The lowest BCUT2D eigenvalue weighted by Gasteiger charge is -2.33. The number of benzene rings is 1. The highest BCUT2D eigenvalue weighted by atomic mass is 35.5. The number of hydrogen-bond acceptors (Lipinski definition) is 4. The van der Waals surface area contributed by atoms with E-state index in [4.69, 9.17) is 12.2 Å². The fraction of sp³-hybridized carbons (Fsp3) is 0.533. The molecule has 1 aliphatic rings. The number of phenolic OH excluding ortho intramolecular Hbond substituents is 1. The van der Waals surface area contributed by atoms with Gasteiger partial charge in [-0.05, 0) is 26.5 Å². The molecule has 1 aliphatic heterocycles. The molecule has 3 nitrogen and oxygen atoms in total. The van der Waals surface area contributed by atoms with Gasteiger partial charge >= 0.3 is 0 Å². The van der Waals surface area contributed by atoms with Gasteiger partial charge in [0.15, 0.2) is 0 Å². The molecule has 0 amide bonds. The maximum absolute atomic E-state index is 10.1. The van der Waals surface area contributed by atoms with Crippen LogP contribution in [-0.2, 0) is 5.75 Å². The van der Waals surface area contributed by atoms with E-state index in [9.17, 15) is 5.11 Å². The van der Waals surface area contributed by atoms with Crippen LogP contribution in [0.3, 0.4) is 0 Å². The first kappa shape index (κ1) is 18.6. The van der Waals surface area contributed by atoms with Gasteiger partial charge in [0.05, 0.1) is 0 Å². The van der Waals surface area contributed by atoms with E-state index >= 15 is 0 Å². The normalized spacial score (nSPS) is 15.7. The molecule has 1 N–H and O–H groups in total. The lowest BCUT2D eigenvalue weighted by atomic mass is 10.1. The summed E-state index contributed by atoms with van der Waals surface area (Å²) in [5.74, 6) is 1.14. The van der Waals surface area contributed by atoms with Crippen LogP contribution in [0.5, 0.6) is 5.75 Å². The zero-order valence-corrected chi connectivity index (χ0v) is 15.2. The Morgan fingerprint density at radius 3 is 2.48 bits per heavy atom. The molecule has 1 aromatic carbocycles. The highest BCUT2D eigenvalue weighted by molar-refractivity contribution is 8.22. The topological polar surface area (TPSA) is 26.7 Å². The van der Waals surface area contributed by atoms with Crippen molar-refractivity contribution in [2.75, 3.05) is 33.2 Å². The molecule has 0 spiro atoms. The van der Waals surface area contributed by atoms with Gasteiger partial charge in [0, 0.05) is 37.5 Å². The van der Waals surface area contributed by atoms with Gasteiger partial charge in [0.25, 0.3) is 0 Å². The molecule has 0 aliphatic carbocycles. The summed E-state index contributed by atoms with van der Waals surface area (Å²) < 4.78 is 0.941. The fourth-order valence-corrected chi connectivity index (χ4v) is 3.60. The molecule has 0 radical (unpaired) electrons. The number of nitrogens with zero attached hydrogens (tertiary/aromatic N) is 2. The van der Waals surface area contributed by atoms with E-state index in [1.165, 1.54) is 5.56 Å². The van der Waals surface area contributed by atoms with E-state index in [1.54, 1.807) is 11.8 Å². The second-order valence-corrected chi connectivity index (χ2v) is 7.04. The number of thioether (sulfide) groups is 1. The van der Waals surface area contributed by atoms with Gasteiger partial charge in [-0.1, -0.05) is 41.7 Å². The van der Waals surface area contributed by atoms with Crippen molar-refractivity contribution in [3.05, 3.63) is 28.8 Å². The number of aryl methyl sites for hydroxylation is 2. The van der Waals surface area contributed by atoms with Gasteiger partial charge in [-0.15, -0.1) is 12.4 Å². The predicted molar refractivity (Wildman–Crippen MR) is 97.8 cm³/mol. The molecule has 1 fully saturated rings. The van der Waals surface area contributed by atoms with E-state index in [2.05, 4.69) is 23.8 Å². The number of rotatable bonds is 2. The van der Waals surface area contributed by atoms with Crippen molar-refractivity contribution in [3.8, 4) is 5.75 Å². The summed E-state index contributed by atoms with van der Waals surface area (Å²) >= 11 is 7.16. The van der Waals surface area contributed by atoms with E-state index < -0.39 is 0 Å². The summed E-state index contributed by atoms with van der Waals surface area (Å²) in [6.45, 7) is 8.13. The van der Waals surface area contributed by atoms with E-state index in [0.717, 1.165) is 47.4 Å². The highest BCUT2D eigenvalue weighted by Crippen LogP contribution is 2.28. The number of halogens is 1. The Morgan fingerprint density at radius 1 is 1.24 bits per heavy atom. The quantitative estimate of drug-likeness (QED) is 0.830. The molecule has 0 aromatic heterocycles. The van der Waals surface area contributed by atoms with Gasteiger partial charge in [0.1, 0.15) is 10.1 Å². The number of phenols is 1. The van der Waals surface area contributed by atoms with Crippen molar-refractivity contribution in [1.82, 2.24) is 9.80 Å². The summed E-state index contributed by atoms with van der Waals surface area (Å²) in [4.78, 5) is 4.58. The first-order valence-electron chi connectivity index (χ1n) is 6.86. The zero-order chi connectivity index (χ0) is 14.7. The Hall–Kier alpha value is -0.490. The Kier molecular flexibility index (Phi) is 7.27. The monoisotopic (exact) mass is 346 g/mol. The van der Waals surface area contributed by atoms with Gasteiger partial charge in [-0.3, -0.25) is 0 Å². The lowest BCUT2D eigenvalue weighted by Crippen LogP contribution is -2.45. The Balaban J connectivity index is 0.00000220. The Labute approximate surface area is 143 Å². The number of hydrogen-bond donors (Lipinski definition) is 1. The molecule has 1 saturated heterocycles. The molecule has 0 saturated carbocycles. The van der Waals surface area contributed by atoms with Gasteiger partial charge < -0.3 is 14.9 Å². The molecular weight excluding hydrogens is 324 g/mol. The van der Waals surface area contributed by atoms with Crippen LogP contribution < -0.4 is 0 Å². The second-order valence-electron chi connectivity index (χ2n) is 5.43. The Bertz CT molecular complexity index is 503. The zero-order valence-electron chi connectivity index (χ0n) is 12.8. The van der Waals surface area contributed by atoms with Crippen LogP contribution in [0.25, 0.3) is 0 Å². The maximum Gasteiger partial charge on any atom is 0.136 e. The minimum atomic E-state index is 0. The SMILES string of the molecule is Cc1cc(C)c(O)c(CSC(=S)N2CCN(C)CC2)c1.Cl. The third-order valence-electron chi connectivity index (χ3n) is 3.64. The molecule has 0 atom stereocenters. The van der Waals surface area contributed by atoms with E-state index in [1.807, 2.05) is 19.1 Å². The van der Waals surface area contributed by atoms with Crippen molar-refractivity contribution in [2.24, 2.45) is 0 Å². The van der Waals surface area contributed by atoms with Gasteiger partial charge in [-0.25, -0.2) is 0 Å². The van der Waals surface area contributed by atoms with Gasteiger partial charge in [-0.2, -0.15) is 0 Å². The molecule has 2 rings (SSSR count). The molecule has 118 valence electrons. The van der Waals surface area contributed by atoms with E-state index in [-0.39, 0.29) is 12.4 Å². The summed E-state index contributed by atoms with van der Waals surface area (Å²) in [5.41, 5.74) is 3.09. The first-order valence-corrected chi connectivity index (χ1v) is 8.26. The van der Waals surface area contributed by atoms with Crippen LogP contribution in [0, 0.1) is 13.8 Å². The largest absolute Gasteiger partial charge is 0.507 e. The number of aromatic hydroxyl groups is 1. The van der Waals surface area contributed by atoms with Crippen LogP contribution in [0.2, 0.25) is 0 Å². The molecule has 6 heteroatoms. The average Bonchev–Trinajstić information content (AvgIpc) is 2.41. The van der Waals surface area contributed by atoms with Crippen molar-refractivity contribution < 1.29 is 5.11 Å². The third-order valence-corrected chi connectivity index (χ3v) is 5.21. The molecule has 21 heavy (non-hydrogen) atoms. The third kappa shape index (κ3) is 5.02. The summed E-state index contributed by atoms with van der Waals surface area (Å²) in [6.07, 6.45) is 0. The maximum atomic E-state index is 10.1. The first-order chi connectivity index (χ1) is 9.47. The standard InChI is InChI=1S/C15H22N2OS2.ClH/c1-11-8-12(2)14(18)13(9-11)10-20-15(19)17-6-4-16(3)5-7-17;/h8-9,18H,4-7,10H2,1-3H3;1H. The average molecular weight is 347 g/mol. The summed E-state index contributed by atoms with van der Waals surface area (Å²) in [6, 6.07) is 4.05. The van der Waals surface area contributed by atoms with Crippen molar-refractivity contribution in [3.63, 3.8) is 0 Å². The minimum absolute atomic E-state index is 0. The highest BCUT2D eigenvalue weighted by Gasteiger charge is 2.17. The van der Waals surface area contributed by atoms with Crippen LogP contribution in [0.15, 0.2) is 12.1 Å². The second kappa shape index (κ2) is 8.22. The smallest absolute Gasteiger partial charge is 0.136 e. The number of piperazine rings is 1. The number of likely N-dealkylation sites (N-methyl/N-ethyl adjacent to an activating group) is 1. The number of thiocarbonyl (C=S) groups is 1. The van der Waals surface area contributed by atoms with Crippen LogP contribution >= 0.6 is 36.4 Å². The molecule has 0 unspecified atom stereocenters.